The quantitative estimate of drug-likeness (QED) is 0.673. The number of thioether (sulfide) groups is 1. The zero-order chi connectivity index (χ0) is 14.1. The van der Waals surface area contributed by atoms with Gasteiger partial charge in [-0.05, 0) is 6.42 Å². The van der Waals surface area contributed by atoms with Crippen molar-refractivity contribution >= 4 is 28.8 Å². The van der Waals surface area contributed by atoms with Crippen LogP contribution < -0.4 is 9.47 Å². The minimum Gasteiger partial charge on any atom is -0.481 e. The summed E-state index contributed by atoms with van der Waals surface area (Å²) in [6.45, 7) is 0.252. The Balaban J connectivity index is 1.79. The van der Waals surface area contributed by atoms with E-state index >= 15 is 0 Å². The highest BCUT2D eigenvalue weighted by Gasteiger charge is 2.18. The first-order valence-electron chi connectivity index (χ1n) is 6.26. The third-order valence-corrected chi connectivity index (χ3v) is 4.22. The number of hydrogen-bond acceptors (Lipinski definition) is 5. The third-order valence-electron chi connectivity index (χ3n) is 3.10. The molecule has 20 heavy (non-hydrogen) atoms. The Hall–Kier alpha value is -1.89. The van der Waals surface area contributed by atoms with Crippen molar-refractivity contribution in [2.75, 3.05) is 12.5 Å². The zero-order valence-corrected chi connectivity index (χ0v) is 11.8. The van der Waals surface area contributed by atoms with E-state index in [1.807, 2.05) is 23.7 Å². The van der Waals surface area contributed by atoms with Gasteiger partial charge in [-0.25, -0.2) is 4.98 Å². The zero-order valence-electron chi connectivity index (χ0n) is 11.0. The Kier molecular flexibility index (Phi) is 3.43. The van der Waals surface area contributed by atoms with Crippen molar-refractivity contribution in [2.45, 2.75) is 18.0 Å². The van der Waals surface area contributed by atoms with Crippen molar-refractivity contribution in [1.82, 2.24) is 9.55 Å². The van der Waals surface area contributed by atoms with Gasteiger partial charge in [0.25, 0.3) is 0 Å². The highest BCUT2D eigenvalue weighted by molar-refractivity contribution is 7.99. The summed E-state index contributed by atoms with van der Waals surface area (Å²) in [6.07, 6.45) is 0.818. The van der Waals surface area contributed by atoms with Crippen LogP contribution in [0.4, 0.5) is 0 Å². The lowest BCUT2D eigenvalue weighted by atomic mass is 10.3. The van der Waals surface area contributed by atoms with Crippen molar-refractivity contribution in [1.29, 1.82) is 0 Å². The summed E-state index contributed by atoms with van der Waals surface area (Å²) in [6, 6.07) is 3.80. The van der Waals surface area contributed by atoms with Crippen LogP contribution in [0.3, 0.4) is 0 Å². The summed E-state index contributed by atoms with van der Waals surface area (Å²) in [4.78, 5) is 15.0. The molecule has 1 aromatic carbocycles. The van der Waals surface area contributed by atoms with Gasteiger partial charge in [-0.15, -0.1) is 0 Å². The van der Waals surface area contributed by atoms with Crippen LogP contribution in [0.15, 0.2) is 17.3 Å². The minimum atomic E-state index is -0.763. The van der Waals surface area contributed by atoms with Crippen LogP contribution in [0.2, 0.25) is 0 Å². The number of aromatic nitrogens is 2. The topological polar surface area (TPSA) is 73.6 Å². The summed E-state index contributed by atoms with van der Waals surface area (Å²) in [5.74, 6) is 1.43. The molecule has 0 bridgehead atoms. The first-order valence-corrected chi connectivity index (χ1v) is 7.24. The number of carboxylic acid groups (broad SMARTS) is 1. The molecular formula is C13H14N2O4S. The van der Waals surface area contributed by atoms with Crippen LogP contribution in [0.5, 0.6) is 11.5 Å². The number of aliphatic carboxylic acids is 1. The highest BCUT2D eigenvalue weighted by atomic mass is 32.2. The van der Waals surface area contributed by atoms with E-state index in [-0.39, 0.29) is 13.2 Å². The van der Waals surface area contributed by atoms with Gasteiger partial charge in [0, 0.05) is 31.4 Å². The average molecular weight is 294 g/mol. The fraction of sp³-hybridized carbons (Fsp3) is 0.385. The van der Waals surface area contributed by atoms with E-state index in [1.165, 1.54) is 0 Å². The number of fused-ring (bicyclic) bond motifs is 2. The van der Waals surface area contributed by atoms with E-state index < -0.39 is 5.97 Å². The van der Waals surface area contributed by atoms with Gasteiger partial charge in [-0.2, -0.15) is 0 Å². The van der Waals surface area contributed by atoms with Gasteiger partial charge in [0.15, 0.2) is 16.7 Å². The Morgan fingerprint density at radius 1 is 1.45 bits per heavy atom. The average Bonchev–Trinajstić information content (AvgIpc) is 2.97. The van der Waals surface area contributed by atoms with Gasteiger partial charge in [-0.3, -0.25) is 4.79 Å². The van der Waals surface area contributed by atoms with Crippen LogP contribution in [0, 0.1) is 0 Å². The van der Waals surface area contributed by atoms with Crippen LogP contribution in [0.1, 0.15) is 12.8 Å². The monoisotopic (exact) mass is 294 g/mol. The molecule has 0 atom stereocenters. The largest absolute Gasteiger partial charge is 0.481 e. The number of nitrogens with zero attached hydrogens (tertiary/aromatic N) is 2. The maximum Gasteiger partial charge on any atom is 0.303 e. The van der Waals surface area contributed by atoms with Crippen molar-refractivity contribution in [3.8, 4) is 11.5 Å². The molecule has 6 nitrogen and oxygen atoms in total. The molecule has 2 aromatic rings. The molecule has 0 fully saturated rings. The molecule has 1 aliphatic heterocycles. The van der Waals surface area contributed by atoms with Gasteiger partial charge >= 0.3 is 5.97 Å². The molecule has 1 aliphatic rings. The molecule has 0 unspecified atom stereocenters. The summed E-state index contributed by atoms with van der Waals surface area (Å²) < 4.78 is 12.7. The third kappa shape index (κ3) is 2.40. The maximum atomic E-state index is 10.5. The number of carboxylic acids is 1. The van der Waals surface area contributed by atoms with E-state index in [9.17, 15) is 4.79 Å². The molecule has 0 saturated heterocycles. The predicted octanol–water partition coefficient (Wildman–Crippen LogP) is 2.26. The van der Waals surface area contributed by atoms with Crippen LogP contribution in [-0.4, -0.2) is 33.2 Å². The van der Waals surface area contributed by atoms with Gasteiger partial charge in [0.1, 0.15) is 0 Å². The molecule has 1 N–H and O–H groups in total. The second kappa shape index (κ2) is 5.24. The van der Waals surface area contributed by atoms with Crippen LogP contribution in [0.25, 0.3) is 11.0 Å². The molecule has 1 aromatic heterocycles. The summed E-state index contributed by atoms with van der Waals surface area (Å²) in [5, 5.41) is 9.49. The fourth-order valence-corrected chi connectivity index (χ4v) is 3.00. The van der Waals surface area contributed by atoms with Crippen LogP contribution >= 0.6 is 11.8 Å². The number of ether oxygens (including phenoxy) is 2. The molecule has 0 spiro atoms. The lowest BCUT2D eigenvalue weighted by molar-refractivity contribution is -0.137. The van der Waals surface area contributed by atoms with Crippen molar-refractivity contribution in [3.05, 3.63) is 12.1 Å². The number of rotatable bonds is 5. The maximum absolute atomic E-state index is 10.5. The number of benzene rings is 1. The second-order valence-corrected chi connectivity index (χ2v) is 5.56. The first-order chi connectivity index (χ1) is 9.65. The Labute approximate surface area is 119 Å². The Morgan fingerprint density at radius 2 is 2.20 bits per heavy atom. The lowest BCUT2D eigenvalue weighted by Gasteiger charge is -2.01. The SMILES string of the molecule is Cn1c(SCCCC(=O)O)nc2cc3c(cc21)OCO3. The van der Waals surface area contributed by atoms with Crippen molar-refractivity contribution in [3.63, 3.8) is 0 Å². The highest BCUT2D eigenvalue weighted by Crippen LogP contribution is 2.37. The van der Waals surface area contributed by atoms with Gasteiger partial charge < -0.3 is 19.1 Å². The van der Waals surface area contributed by atoms with Gasteiger partial charge in [0.05, 0.1) is 11.0 Å². The molecule has 3 rings (SSSR count). The smallest absolute Gasteiger partial charge is 0.303 e. The Morgan fingerprint density at radius 3 is 2.95 bits per heavy atom. The van der Waals surface area contributed by atoms with E-state index in [0.29, 0.717) is 6.42 Å². The number of hydrogen-bond donors (Lipinski definition) is 1. The van der Waals surface area contributed by atoms with E-state index in [4.69, 9.17) is 14.6 Å². The molecule has 0 amide bonds. The first kappa shape index (κ1) is 13.1. The van der Waals surface area contributed by atoms with E-state index in [1.54, 1.807) is 11.8 Å². The number of carbonyl (C=O) groups is 1. The minimum absolute atomic E-state index is 0.187. The lowest BCUT2D eigenvalue weighted by Crippen LogP contribution is -1.96. The molecule has 106 valence electrons. The van der Waals surface area contributed by atoms with Gasteiger partial charge in [-0.1, -0.05) is 11.8 Å². The normalized spacial score (nSPS) is 13.1. The summed E-state index contributed by atoms with van der Waals surface area (Å²) in [5.41, 5.74) is 1.84. The van der Waals surface area contributed by atoms with Crippen molar-refractivity contribution in [2.24, 2.45) is 7.05 Å². The summed E-state index contributed by atoms with van der Waals surface area (Å²) >= 11 is 1.56. The molecular weight excluding hydrogens is 280 g/mol. The summed E-state index contributed by atoms with van der Waals surface area (Å²) in [7, 11) is 1.94. The molecule has 0 radical (unpaired) electrons. The van der Waals surface area contributed by atoms with E-state index in [2.05, 4.69) is 4.98 Å². The predicted molar refractivity (Wildman–Crippen MR) is 74.4 cm³/mol. The fourth-order valence-electron chi connectivity index (χ4n) is 2.08. The van der Waals surface area contributed by atoms with Crippen LogP contribution in [-0.2, 0) is 11.8 Å². The Bertz CT molecular complexity index is 668. The second-order valence-electron chi connectivity index (χ2n) is 4.49. The molecule has 7 heteroatoms. The number of aryl methyl sites for hydroxylation is 1. The molecule has 2 heterocycles. The number of imidazole rings is 1. The molecule has 0 aliphatic carbocycles. The molecule has 0 saturated carbocycles. The standard InChI is InChI=1S/C13H14N2O4S/c1-15-9-6-11-10(18-7-19-11)5-8(9)14-13(15)20-4-2-3-12(16)17/h5-6H,2-4,7H2,1H3,(H,16,17). The van der Waals surface area contributed by atoms with Crippen molar-refractivity contribution < 1.29 is 19.4 Å². The van der Waals surface area contributed by atoms with E-state index in [0.717, 1.165) is 33.4 Å². The van der Waals surface area contributed by atoms with Gasteiger partial charge in [0.2, 0.25) is 6.79 Å².